The maximum atomic E-state index is 5.82. The van der Waals surface area contributed by atoms with Gasteiger partial charge in [0.05, 0.1) is 14.2 Å². The van der Waals surface area contributed by atoms with E-state index in [9.17, 15) is 0 Å². The Labute approximate surface area is 148 Å². The van der Waals surface area contributed by atoms with Crippen LogP contribution >= 0.6 is 7.26 Å². The van der Waals surface area contributed by atoms with Crippen molar-refractivity contribution in [2.75, 3.05) is 14.2 Å². The molecule has 0 amide bonds. The molecule has 1 aromatic carbocycles. The molecule has 1 aromatic rings. The highest BCUT2D eigenvalue weighted by atomic mass is 31.2. The van der Waals surface area contributed by atoms with Gasteiger partial charge in [0.2, 0.25) is 0 Å². The van der Waals surface area contributed by atoms with E-state index in [4.69, 9.17) is 16.1 Å². The lowest BCUT2D eigenvalue weighted by Crippen LogP contribution is -2.34. The summed E-state index contributed by atoms with van der Waals surface area (Å²) in [6, 6.07) is 6.28. The topological polar surface area (TPSA) is 18.5 Å². The van der Waals surface area contributed by atoms with Crippen molar-refractivity contribution in [3.8, 4) is 11.5 Å². The molecule has 134 valence electrons. The Kier molecular flexibility index (Phi) is 6.08. The minimum absolute atomic E-state index is 0.750. The third-order valence-corrected chi connectivity index (χ3v) is 11.2. The molecule has 0 aromatic heterocycles. The summed E-state index contributed by atoms with van der Waals surface area (Å²) in [6.07, 6.45) is 13.6. The average molecular weight is 348 g/mol. The quantitative estimate of drug-likeness (QED) is 0.494. The van der Waals surface area contributed by atoms with E-state index < -0.39 is 7.26 Å². The highest BCUT2D eigenvalue weighted by molar-refractivity contribution is 7.85. The molecule has 0 bridgehead atoms. The molecule has 2 aliphatic carbocycles. The van der Waals surface area contributed by atoms with Gasteiger partial charge in [-0.25, -0.2) is 0 Å². The molecular formula is C21H33O2P. The molecule has 0 saturated heterocycles. The third kappa shape index (κ3) is 3.32. The van der Waals surface area contributed by atoms with Crippen LogP contribution in [0.15, 0.2) is 18.2 Å². The molecule has 2 saturated carbocycles. The summed E-state index contributed by atoms with van der Waals surface area (Å²) in [5.74, 6) is 2.02. The normalized spacial score (nSPS) is 20.8. The van der Waals surface area contributed by atoms with E-state index in [1.54, 1.807) is 14.2 Å². The molecule has 0 spiro atoms. The molecule has 0 heterocycles. The molecular weight excluding hydrogens is 315 g/mol. The third-order valence-electron chi connectivity index (χ3n) is 6.27. The van der Waals surface area contributed by atoms with Crippen molar-refractivity contribution in [2.45, 2.75) is 75.5 Å². The van der Waals surface area contributed by atoms with Crippen molar-refractivity contribution in [1.29, 1.82) is 0 Å². The highest BCUT2D eigenvalue weighted by Crippen LogP contribution is 2.72. The fraction of sp³-hybridized carbons (Fsp3) is 0.667. The van der Waals surface area contributed by atoms with Crippen molar-refractivity contribution in [3.63, 3.8) is 0 Å². The summed E-state index contributed by atoms with van der Waals surface area (Å²) in [4.78, 5) is 0. The predicted octanol–water partition coefficient (Wildman–Crippen LogP) is 5.80. The van der Waals surface area contributed by atoms with Crippen molar-refractivity contribution < 1.29 is 9.47 Å². The zero-order valence-electron chi connectivity index (χ0n) is 15.4. The van der Waals surface area contributed by atoms with Gasteiger partial charge in [0.15, 0.2) is 11.5 Å². The van der Waals surface area contributed by atoms with Crippen LogP contribution in [0.25, 0.3) is 0 Å². The molecule has 0 atom stereocenters. The molecule has 2 fully saturated rings. The van der Waals surface area contributed by atoms with Crippen molar-refractivity contribution in [3.05, 3.63) is 24.9 Å². The maximum Gasteiger partial charge on any atom is 0.161 e. The van der Waals surface area contributed by atoms with E-state index in [1.807, 2.05) is 6.07 Å². The second kappa shape index (κ2) is 8.09. The molecule has 2 nitrogen and oxygen atoms in total. The number of hydrogen-bond acceptors (Lipinski definition) is 2. The maximum absolute atomic E-state index is 5.82. The number of hydrogen-bond donors (Lipinski definition) is 0. The van der Waals surface area contributed by atoms with Gasteiger partial charge in [0, 0.05) is 11.3 Å². The predicted molar refractivity (Wildman–Crippen MR) is 105 cm³/mol. The van der Waals surface area contributed by atoms with Crippen molar-refractivity contribution >= 4 is 12.6 Å². The average Bonchev–Trinajstić information content (AvgIpc) is 2.68. The molecule has 0 radical (unpaired) electrons. The van der Waals surface area contributed by atoms with E-state index in [1.165, 1.54) is 69.5 Å². The number of benzene rings is 1. The van der Waals surface area contributed by atoms with Gasteiger partial charge in [-0.2, -0.15) is 6.66 Å². The first-order valence-corrected chi connectivity index (χ1v) is 11.8. The largest absolute Gasteiger partial charge is 0.493 e. The Morgan fingerprint density at radius 1 is 0.792 bits per heavy atom. The van der Waals surface area contributed by atoms with E-state index in [-0.39, 0.29) is 0 Å². The van der Waals surface area contributed by atoms with Crippen LogP contribution in [-0.4, -0.2) is 25.5 Å². The Bertz CT molecular complexity index is 490. The smallest absolute Gasteiger partial charge is 0.161 e. The van der Waals surface area contributed by atoms with Crippen LogP contribution in [0.1, 0.15) is 64.2 Å². The summed E-state index contributed by atoms with van der Waals surface area (Å²) >= 11 is 0. The molecule has 0 N–H and O–H groups in total. The van der Waals surface area contributed by atoms with Gasteiger partial charge in [-0.15, -0.1) is 0 Å². The molecule has 0 aliphatic heterocycles. The fourth-order valence-corrected chi connectivity index (χ4v) is 10.0. The van der Waals surface area contributed by atoms with Gasteiger partial charge < -0.3 is 9.47 Å². The van der Waals surface area contributed by atoms with E-state index in [0.29, 0.717) is 0 Å². The fourth-order valence-electron chi connectivity index (χ4n) is 4.99. The van der Waals surface area contributed by atoms with E-state index in [0.717, 1.165) is 22.8 Å². The lowest BCUT2D eigenvalue weighted by Gasteiger charge is -2.47. The molecule has 3 heteroatoms. The van der Waals surface area contributed by atoms with Gasteiger partial charge in [0.1, 0.15) is 5.30 Å². The van der Waals surface area contributed by atoms with Crippen LogP contribution in [0.4, 0.5) is 0 Å². The Morgan fingerprint density at radius 2 is 1.21 bits per heavy atom. The van der Waals surface area contributed by atoms with Gasteiger partial charge in [-0.05, 0) is 63.5 Å². The SMILES string of the molecule is [CH2-][P+](c1c(OC)cccc1OC)(C1CCCCC1)C1CCCCC1. The van der Waals surface area contributed by atoms with Gasteiger partial charge in [-0.3, -0.25) is 0 Å². The van der Waals surface area contributed by atoms with Gasteiger partial charge in [0.25, 0.3) is 0 Å². The first-order valence-electron chi connectivity index (χ1n) is 9.66. The first kappa shape index (κ1) is 18.1. The molecule has 3 rings (SSSR count). The van der Waals surface area contributed by atoms with Gasteiger partial charge in [-0.1, -0.05) is 26.2 Å². The van der Waals surface area contributed by atoms with Crippen LogP contribution in [0.2, 0.25) is 0 Å². The lowest BCUT2D eigenvalue weighted by molar-refractivity contribution is 0.399. The van der Waals surface area contributed by atoms with Crippen LogP contribution in [-0.2, 0) is 0 Å². The molecule has 0 unspecified atom stereocenters. The van der Waals surface area contributed by atoms with Crippen molar-refractivity contribution in [1.82, 2.24) is 0 Å². The lowest BCUT2D eigenvalue weighted by atomic mass is 9.99. The Hall–Kier alpha value is -0.750. The van der Waals surface area contributed by atoms with Crippen molar-refractivity contribution in [2.24, 2.45) is 0 Å². The minimum Gasteiger partial charge on any atom is -0.493 e. The summed E-state index contributed by atoms with van der Waals surface area (Å²) in [6.45, 7) is 5.06. The second-order valence-corrected chi connectivity index (χ2v) is 11.3. The standard InChI is InChI=1S/C21H33O2P/c1-22-19-15-10-16-20(23-2)21(19)24(3,17-11-6-4-7-12-17)18-13-8-5-9-14-18/h10,15-18H,3-9,11-14H2,1-2H3. The van der Waals surface area contributed by atoms with Crippen LogP contribution in [0.5, 0.6) is 11.5 Å². The highest BCUT2D eigenvalue weighted by Gasteiger charge is 2.47. The summed E-state index contributed by atoms with van der Waals surface area (Å²) in [5.41, 5.74) is 1.50. The summed E-state index contributed by atoms with van der Waals surface area (Å²) < 4.78 is 11.6. The summed E-state index contributed by atoms with van der Waals surface area (Å²) in [5, 5.41) is 1.34. The van der Waals surface area contributed by atoms with Crippen LogP contribution < -0.4 is 14.8 Å². The number of ether oxygens (including phenoxy) is 2. The Balaban J connectivity index is 2.10. The van der Waals surface area contributed by atoms with Crippen LogP contribution in [0.3, 0.4) is 0 Å². The number of methoxy groups -OCH3 is 2. The molecule has 24 heavy (non-hydrogen) atoms. The zero-order valence-corrected chi connectivity index (χ0v) is 16.3. The zero-order chi connectivity index (χ0) is 17.0. The summed E-state index contributed by atoms with van der Waals surface area (Å²) in [7, 11) is 2.01. The minimum atomic E-state index is -1.58. The second-order valence-electron chi connectivity index (χ2n) is 7.53. The monoisotopic (exact) mass is 348 g/mol. The van der Waals surface area contributed by atoms with E-state index in [2.05, 4.69) is 12.1 Å². The van der Waals surface area contributed by atoms with E-state index >= 15 is 0 Å². The first-order chi connectivity index (χ1) is 11.7. The van der Waals surface area contributed by atoms with Gasteiger partial charge >= 0.3 is 0 Å². The van der Waals surface area contributed by atoms with Crippen LogP contribution in [0, 0.1) is 6.66 Å². The molecule has 2 aliphatic rings. The Morgan fingerprint density at radius 3 is 1.58 bits per heavy atom. The number of rotatable bonds is 5.